The summed E-state index contributed by atoms with van der Waals surface area (Å²) < 4.78 is 12.1. The Kier molecular flexibility index (Phi) is 18.2. The number of nitrogens with one attached hydrogen (secondary N) is 4. The maximum Gasteiger partial charge on any atom is 0.253 e. The van der Waals surface area contributed by atoms with Gasteiger partial charge in [0.15, 0.2) is 5.82 Å². The van der Waals surface area contributed by atoms with Crippen molar-refractivity contribution in [1.82, 2.24) is 45.6 Å². The van der Waals surface area contributed by atoms with Crippen molar-refractivity contribution in [1.29, 1.82) is 0 Å². The van der Waals surface area contributed by atoms with E-state index in [0.29, 0.717) is 57.4 Å². The van der Waals surface area contributed by atoms with Crippen molar-refractivity contribution in [3.05, 3.63) is 53.9 Å². The zero-order chi connectivity index (χ0) is 49.2. The van der Waals surface area contributed by atoms with Gasteiger partial charge in [0, 0.05) is 65.4 Å². The third-order valence-corrected chi connectivity index (χ3v) is 15.1. The van der Waals surface area contributed by atoms with E-state index in [0.717, 1.165) is 31.2 Å². The number of methoxy groups -OCH3 is 2. The van der Waals surface area contributed by atoms with Crippen LogP contribution in [-0.2, 0) is 49.5 Å². The molecule has 18 heteroatoms. The van der Waals surface area contributed by atoms with Gasteiger partial charge in [0.2, 0.25) is 29.5 Å². The van der Waals surface area contributed by atoms with Crippen LogP contribution in [0.3, 0.4) is 0 Å². The Morgan fingerprint density at radius 3 is 2.24 bits per heavy atom. The highest BCUT2D eigenvalue weighted by molar-refractivity contribution is 6.12. The number of fused-ring (bicyclic) bond motifs is 2. The van der Waals surface area contributed by atoms with E-state index < -0.39 is 42.3 Å². The molecule has 1 aromatic heterocycles. The summed E-state index contributed by atoms with van der Waals surface area (Å²) in [4.78, 5) is 101. The first-order chi connectivity index (χ1) is 32.6. The predicted molar refractivity (Wildman–Crippen MR) is 253 cm³/mol. The largest absolute Gasteiger partial charge is 0.379 e. The number of carbonyl (C=O) groups excluding carboxylic acids is 7. The smallest absolute Gasteiger partial charge is 0.253 e. The number of hydrogen-bond donors (Lipinski definition) is 4. The third-order valence-electron chi connectivity index (χ3n) is 15.1. The molecule has 374 valence electrons. The average molecular weight is 946 g/mol. The average Bonchev–Trinajstić information content (AvgIpc) is 4.13. The van der Waals surface area contributed by atoms with Crippen molar-refractivity contribution in [2.45, 2.75) is 160 Å². The van der Waals surface area contributed by atoms with Gasteiger partial charge in [-0.05, 0) is 68.3 Å². The zero-order valence-corrected chi connectivity index (χ0v) is 41.3. The first-order valence-electron chi connectivity index (χ1n) is 24.8. The van der Waals surface area contributed by atoms with Crippen LogP contribution in [0.15, 0.2) is 42.5 Å². The van der Waals surface area contributed by atoms with Crippen LogP contribution in [0.5, 0.6) is 0 Å². The molecule has 2 aromatic rings. The number of unbranched alkanes of at least 4 members (excludes halogenated alkanes) is 2. The van der Waals surface area contributed by atoms with E-state index in [1.165, 1.54) is 17.1 Å². The molecule has 0 radical (unpaired) electrons. The summed E-state index contributed by atoms with van der Waals surface area (Å²) in [7, 11) is 4.83. The Morgan fingerprint density at radius 1 is 0.912 bits per heavy atom. The number of hydrogen-bond acceptors (Lipinski definition) is 10. The predicted octanol–water partition coefficient (Wildman–Crippen LogP) is 4.06. The Balaban J connectivity index is 1.08. The van der Waals surface area contributed by atoms with Crippen LogP contribution in [0.4, 0.5) is 0 Å². The highest BCUT2D eigenvalue weighted by Crippen LogP contribution is 2.43. The maximum absolute atomic E-state index is 14.7. The van der Waals surface area contributed by atoms with Crippen LogP contribution in [0.25, 0.3) is 0 Å². The molecular weight excluding hydrogens is 871 g/mol. The van der Waals surface area contributed by atoms with Gasteiger partial charge in [-0.3, -0.25) is 43.6 Å². The minimum Gasteiger partial charge on any atom is -0.379 e. The molecule has 1 aromatic carbocycles. The number of rotatable bonds is 25. The van der Waals surface area contributed by atoms with Crippen LogP contribution in [0.1, 0.15) is 123 Å². The monoisotopic (exact) mass is 946 g/mol. The van der Waals surface area contributed by atoms with Gasteiger partial charge in [0.1, 0.15) is 12.1 Å². The number of amides is 7. The van der Waals surface area contributed by atoms with E-state index in [4.69, 9.17) is 9.47 Å². The summed E-state index contributed by atoms with van der Waals surface area (Å²) >= 11 is 0. The Labute approximate surface area is 401 Å². The number of aromatic amines is 2. The Bertz CT molecular complexity index is 2060. The molecule has 4 heterocycles. The van der Waals surface area contributed by atoms with Crippen LogP contribution in [-0.4, -0.2) is 153 Å². The lowest BCUT2D eigenvalue weighted by molar-refractivity contribution is -0.149. The summed E-state index contributed by atoms with van der Waals surface area (Å²) in [5.74, 6) is -2.12. The fourth-order valence-corrected chi connectivity index (χ4v) is 11.1. The topological polar surface area (TPSA) is 219 Å². The molecule has 0 unspecified atom stereocenters. The fourth-order valence-electron chi connectivity index (χ4n) is 11.1. The van der Waals surface area contributed by atoms with E-state index in [1.807, 2.05) is 65.0 Å². The zero-order valence-electron chi connectivity index (χ0n) is 41.3. The summed E-state index contributed by atoms with van der Waals surface area (Å²) in [6, 6.07) is 6.95. The van der Waals surface area contributed by atoms with Gasteiger partial charge in [-0.25, -0.2) is 5.21 Å². The number of imide groups is 1. The molecule has 3 fully saturated rings. The Morgan fingerprint density at radius 2 is 1.62 bits per heavy atom. The second-order valence-corrected chi connectivity index (χ2v) is 19.7. The molecule has 3 aliphatic heterocycles. The number of carbonyl (C=O) groups is 7. The maximum atomic E-state index is 14.7. The van der Waals surface area contributed by atoms with Gasteiger partial charge >= 0.3 is 0 Å². The van der Waals surface area contributed by atoms with E-state index in [1.54, 1.807) is 36.0 Å². The lowest BCUT2D eigenvalue weighted by Crippen LogP contribution is -2.60. The molecule has 1 saturated carbocycles. The molecule has 7 amide bonds. The van der Waals surface area contributed by atoms with Crippen molar-refractivity contribution in [2.75, 3.05) is 34.4 Å². The molecule has 68 heavy (non-hydrogen) atoms. The second kappa shape index (κ2) is 23.8. The Hall–Kier alpha value is -5.36. The van der Waals surface area contributed by atoms with Gasteiger partial charge in [-0.1, -0.05) is 77.8 Å². The van der Waals surface area contributed by atoms with Crippen molar-refractivity contribution in [3.63, 3.8) is 0 Å². The van der Waals surface area contributed by atoms with Gasteiger partial charge in [-0.15, -0.1) is 5.10 Å². The molecule has 1 aliphatic carbocycles. The number of piperidine rings is 1. The number of likely N-dealkylation sites (N-methyl/N-ethyl adjacent to an activating group) is 1. The molecule has 4 N–H and O–H groups in total. The molecule has 11 atom stereocenters. The van der Waals surface area contributed by atoms with Gasteiger partial charge in [-0.2, -0.15) is 0 Å². The van der Waals surface area contributed by atoms with Gasteiger partial charge < -0.3 is 34.8 Å². The number of nitrogens with zero attached hydrogens (tertiary/aromatic N) is 5. The van der Waals surface area contributed by atoms with Crippen molar-refractivity contribution >= 4 is 41.4 Å². The van der Waals surface area contributed by atoms with Crippen molar-refractivity contribution in [2.24, 2.45) is 23.7 Å². The quantitative estimate of drug-likeness (QED) is 0.0827. The first kappa shape index (κ1) is 52.0. The van der Waals surface area contributed by atoms with Crippen LogP contribution in [0, 0.1) is 23.7 Å². The third kappa shape index (κ3) is 11.9. The van der Waals surface area contributed by atoms with Crippen LogP contribution in [0.2, 0.25) is 0 Å². The van der Waals surface area contributed by atoms with Crippen LogP contribution < -0.4 is 10.6 Å². The number of H-pyrrole nitrogens is 2. The summed E-state index contributed by atoms with van der Waals surface area (Å²) in [6.45, 7) is 10.4. The molecule has 2 bridgehead atoms. The van der Waals surface area contributed by atoms with Gasteiger partial charge in [0.05, 0.1) is 42.7 Å². The normalized spacial score (nSPS) is 23.2. The number of likely N-dealkylation sites (tertiary alicyclic amines) is 2. The minimum atomic E-state index is -0.900. The molecule has 0 spiro atoms. The lowest BCUT2D eigenvalue weighted by Gasteiger charge is -2.41. The molecule has 4 aliphatic rings. The summed E-state index contributed by atoms with van der Waals surface area (Å²) in [5, 5.41) is 16.1. The molecule has 6 rings (SSSR count). The molecular formula is C50H75N9O9. The fraction of sp³-hybridized carbons (Fsp3) is 0.680. The lowest BCUT2D eigenvalue weighted by atomic mass is 9.89. The van der Waals surface area contributed by atoms with Crippen molar-refractivity contribution < 1.29 is 43.0 Å². The second-order valence-electron chi connectivity index (χ2n) is 19.7. The number of benzene rings is 1. The van der Waals surface area contributed by atoms with E-state index >= 15 is 0 Å². The van der Waals surface area contributed by atoms with E-state index in [2.05, 4.69) is 26.0 Å². The first-order valence-corrected chi connectivity index (χ1v) is 24.8. The SMILES string of the molecule is CC[C@H](C)[C@@H]([C@@H](CC(=O)N1CCC[C@H]1[C@H](OC)[C@@H](C)C(=O)N[C@@H](Cc1ccccc1)c1n[nH][nH]1)OC)N(C)C(=O)[C@@H](NC(=O)[C@@H]1[C@H]2CC[C@H](C2)N1C(=O)CCCCCN1C(=O)C=CC1=O)C(C)C. The summed E-state index contributed by atoms with van der Waals surface area (Å²) in [5.41, 5.74) is 1.04. The van der Waals surface area contributed by atoms with Crippen LogP contribution >= 0.6 is 0 Å². The highest BCUT2D eigenvalue weighted by Gasteiger charge is 2.52. The van der Waals surface area contributed by atoms with Crippen molar-refractivity contribution in [3.8, 4) is 0 Å². The van der Waals surface area contributed by atoms with E-state index in [-0.39, 0.29) is 84.0 Å². The van der Waals surface area contributed by atoms with E-state index in [9.17, 15) is 33.6 Å². The number of ether oxygens (including phenoxy) is 2. The summed E-state index contributed by atoms with van der Waals surface area (Å²) in [6.07, 6.45) is 8.30. The highest BCUT2D eigenvalue weighted by atomic mass is 16.5. The molecule has 2 saturated heterocycles. The minimum absolute atomic E-state index is 0.000730. The number of aromatic nitrogens is 3. The standard InChI is InChI=1S/C50H75N9O9/c1-9-31(4)44(38(67-7)29-42(63)57-26-16-19-37(57)46(68-8)32(5)48(64)51-36(47-53-55-54-47)27-33-17-12-10-13-18-33)56(6)50(66)43(30(2)3)52-49(65)45-34-21-22-35(28-34)59(45)41(62)20-14-11-15-25-58-39(60)23-24-40(58)61/h10,12-13,17-18,23-24,30-32,34-38,43-46,55H,9,11,14-16,19-22,25-29H2,1-8H3,(H,51,64)(H,52,65)(H,53,54)/t31-,32+,34-,35+,36-,37-,38+,43-,44-,45-,46+/m0/s1. The molecule has 18 nitrogen and oxygen atoms in total. The van der Waals surface area contributed by atoms with Gasteiger partial charge in [0.25, 0.3) is 11.8 Å².